The van der Waals surface area contributed by atoms with E-state index in [1.165, 1.54) is 55.5 Å². The molecular formula is C24H27Cl2N3O7S. The van der Waals surface area contributed by atoms with Crippen molar-refractivity contribution < 1.29 is 32.3 Å². The number of halogens is 2. The van der Waals surface area contributed by atoms with Crippen LogP contribution >= 0.6 is 23.2 Å². The summed E-state index contributed by atoms with van der Waals surface area (Å²) < 4.78 is 38.6. The zero-order valence-corrected chi connectivity index (χ0v) is 23.2. The van der Waals surface area contributed by atoms with Gasteiger partial charge in [-0.05, 0) is 62.7 Å². The number of amides is 2. The minimum atomic E-state index is -4.39. The molecule has 1 aliphatic heterocycles. The molecule has 0 aromatic heterocycles. The highest BCUT2D eigenvalue weighted by atomic mass is 35.5. The number of sulfonamides is 1. The summed E-state index contributed by atoms with van der Waals surface area (Å²) in [5.74, 6) is -2.28. The molecule has 1 atom stereocenters. The molecule has 37 heavy (non-hydrogen) atoms. The maximum Gasteiger partial charge on any atom is 0.327 e. The highest BCUT2D eigenvalue weighted by Gasteiger charge is 2.39. The average Bonchev–Trinajstić information content (AvgIpc) is 3.18. The molecule has 0 bridgehead atoms. The van der Waals surface area contributed by atoms with E-state index in [1.54, 1.807) is 20.8 Å². The van der Waals surface area contributed by atoms with Crippen molar-refractivity contribution in [3.63, 3.8) is 0 Å². The second-order valence-corrected chi connectivity index (χ2v) is 11.9. The van der Waals surface area contributed by atoms with Crippen molar-refractivity contribution in [2.24, 2.45) is 0 Å². The van der Waals surface area contributed by atoms with E-state index in [1.807, 2.05) is 0 Å². The van der Waals surface area contributed by atoms with Gasteiger partial charge in [0.1, 0.15) is 18.1 Å². The van der Waals surface area contributed by atoms with E-state index in [0.29, 0.717) is 11.3 Å². The van der Waals surface area contributed by atoms with E-state index >= 15 is 0 Å². The number of carbonyl (C=O) groups is 3. The van der Waals surface area contributed by atoms with E-state index < -0.39 is 46.1 Å². The smallest absolute Gasteiger partial charge is 0.327 e. The maximum absolute atomic E-state index is 13.8. The van der Waals surface area contributed by atoms with Gasteiger partial charge in [-0.2, -0.15) is 0 Å². The number of carbonyl (C=O) groups excluding carboxylic acids is 3. The van der Waals surface area contributed by atoms with Gasteiger partial charge in [0.15, 0.2) is 0 Å². The number of fused-ring (bicyclic) bond motifs is 1. The molecule has 2 aromatic carbocycles. The molecular weight excluding hydrogens is 545 g/mol. The normalized spacial score (nSPS) is 15.1. The highest BCUT2D eigenvalue weighted by Crippen LogP contribution is 2.40. The van der Waals surface area contributed by atoms with Crippen LogP contribution < -0.4 is 14.5 Å². The summed E-state index contributed by atoms with van der Waals surface area (Å²) in [4.78, 5) is 38.8. The van der Waals surface area contributed by atoms with Gasteiger partial charge in [0.05, 0.1) is 17.7 Å². The Morgan fingerprint density at radius 2 is 1.73 bits per heavy atom. The van der Waals surface area contributed by atoms with Gasteiger partial charge in [-0.25, -0.2) is 13.2 Å². The molecule has 3 rings (SSSR count). The first-order valence-electron chi connectivity index (χ1n) is 11.1. The lowest BCUT2D eigenvalue weighted by Crippen LogP contribution is -2.39. The van der Waals surface area contributed by atoms with Crippen LogP contribution in [0, 0.1) is 0 Å². The third-order valence-electron chi connectivity index (χ3n) is 5.39. The number of hydrogen-bond donors (Lipinski definition) is 1. The summed E-state index contributed by atoms with van der Waals surface area (Å²) in [6.45, 7) is 4.29. The van der Waals surface area contributed by atoms with Crippen LogP contribution in [0.4, 0.5) is 16.2 Å². The molecule has 200 valence electrons. The lowest BCUT2D eigenvalue weighted by atomic mass is 10.0. The predicted octanol–water partition coefficient (Wildman–Crippen LogP) is 3.95. The van der Waals surface area contributed by atoms with Crippen LogP contribution in [-0.2, 0) is 29.1 Å². The minimum absolute atomic E-state index is 0.00610. The number of anilines is 2. The van der Waals surface area contributed by atoms with Crippen molar-refractivity contribution in [1.29, 1.82) is 0 Å². The molecule has 2 aromatic rings. The molecule has 0 spiro atoms. The van der Waals surface area contributed by atoms with E-state index in [0.717, 1.165) is 4.31 Å². The van der Waals surface area contributed by atoms with Gasteiger partial charge in [0.25, 0.3) is 10.0 Å². The van der Waals surface area contributed by atoms with Crippen LogP contribution in [0.2, 0.25) is 10.0 Å². The summed E-state index contributed by atoms with van der Waals surface area (Å²) in [6.07, 6.45) is 0. The van der Waals surface area contributed by atoms with Crippen LogP contribution in [0.5, 0.6) is 0 Å². The Hall–Kier alpha value is -3.02. The number of nitrogens with zero attached hydrogens (tertiary/aromatic N) is 2. The van der Waals surface area contributed by atoms with Crippen LogP contribution in [0.3, 0.4) is 0 Å². The van der Waals surface area contributed by atoms with Gasteiger partial charge in [0, 0.05) is 29.3 Å². The average molecular weight is 572 g/mol. The first-order chi connectivity index (χ1) is 17.2. The number of ether oxygens (including phenoxy) is 2. The number of urea groups is 1. The Balaban J connectivity index is 2.17. The number of methoxy groups -OCH3 is 1. The van der Waals surface area contributed by atoms with Crippen molar-refractivity contribution in [1.82, 2.24) is 5.32 Å². The Kier molecular flexibility index (Phi) is 8.31. The fourth-order valence-electron chi connectivity index (χ4n) is 3.88. The molecule has 0 aliphatic carbocycles. The molecule has 0 saturated heterocycles. The van der Waals surface area contributed by atoms with Gasteiger partial charge < -0.3 is 14.8 Å². The molecule has 0 radical (unpaired) electrons. The summed E-state index contributed by atoms with van der Waals surface area (Å²) in [5.41, 5.74) is -0.0397. The topological polar surface area (TPSA) is 122 Å². The van der Waals surface area contributed by atoms with Gasteiger partial charge in [0.2, 0.25) is 0 Å². The van der Waals surface area contributed by atoms with Crippen LogP contribution in [-0.4, -0.2) is 59.2 Å². The number of hydrogen-bond acceptors (Lipinski definition) is 7. The van der Waals surface area contributed by atoms with E-state index in [4.69, 9.17) is 32.7 Å². The molecule has 10 nitrogen and oxygen atoms in total. The Morgan fingerprint density at radius 3 is 2.27 bits per heavy atom. The third-order valence-corrected chi connectivity index (χ3v) is 7.58. The van der Waals surface area contributed by atoms with Gasteiger partial charge in [-0.15, -0.1) is 0 Å². The standard InChI is InChI=1S/C24H27Cl2N3O7S/c1-24(2,3)36-21(30)13-29(37(33,34)17-9-14(25)8-15(26)10-17)16-6-7-20-18(11-16)19(22(31)35-5)12-28(20)23(32)27-4/h6-11,19H,12-13H2,1-5H3,(H,27,32). The van der Waals surface area contributed by atoms with Crippen molar-refractivity contribution in [2.75, 3.05) is 36.5 Å². The molecule has 1 aliphatic rings. The maximum atomic E-state index is 13.8. The van der Waals surface area contributed by atoms with Gasteiger partial charge >= 0.3 is 18.0 Å². The van der Waals surface area contributed by atoms with Crippen molar-refractivity contribution in [3.8, 4) is 0 Å². The Bertz CT molecular complexity index is 1320. The van der Waals surface area contributed by atoms with Crippen LogP contribution in [0.1, 0.15) is 32.3 Å². The van der Waals surface area contributed by atoms with Crippen molar-refractivity contribution in [2.45, 2.75) is 37.2 Å². The lowest BCUT2D eigenvalue weighted by molar-refractivity contribution is -0.152. The molecule has 1 unspecified atom stereocenters. The van der Waals surface area contributed by atoms with Crippen molar-refractivity contribution >= 4 is 62.6 Å². The fraction of sp³-hybridized carbons (Fsp3) is 0.375. The predicted molar refractivity (Wildman–Crippen MR) is 140 cm³/mol. The monoisotopic (exact) mass is 571 g/mol. The molecule has 0 saturated carbocycles. The Morgan fingerprint density at radius 1 is 1.11 bits per heavy atom. The molecule has 1 heterocycles. The minimum Gasteiger partial charge on any atom is -0.468 e. The van der Waals surface area contributed by atoms with Crippen LogP contribution in [0.15, 0.2) is 41.3 Å². The fourth-order valence-corrected chi connectivity index (χ4v) is 6.01. The molecule has 13 heteroatoms. The van der Waals surface area contributed by atoms with Gasteiger partial charge in [-0.3, -0.25) is 18.8 Å². The number of esters is 2. The zero-order valence-electron chi connectivity index (χ0n) is 20.9. The number of benzene rings is 2. The van der Waals surface area contributed by atoms with E-state index in [2.05, 4.69) is 5.32 Å². The summed E-state index contributed by atoms with van der Waals surface area (Å²) in [6, 6.07) is 7.73. The number of nitrogens with one attached hydrogen (secondary N) is 1. The molecule has 0 fully saturated rings. The van der Waals surface area contributed by atoms with Crippen molar-refractivity contribution in [3.05, 3.63) is 52.0 Å². The molecule has 2 amide bonds. The van der Waals surface area contributed by atoms with E-state index in [-0.39, 0.29) is 27.2 Å². The summed E-state index contributed by atoms with van der Waals surface area (Å²) in [7, 11) is -1.72. The largest absolute Gasteiger partial charge is 0.468 e. The quantitative estimate of drug-likeness (QED) is 0.521. The summed E-state index contributed by atoms with van der Waals surface area (Å²) >= 11 is 12.1. The van der Waals surface area contributed by atoms with E-state index in [9.17, 15) is 22.8 Å². The van der Waals surface area contributed by atoms with Gasteiger partial charge in [-0.1, -0.05) is 23.2 Å². The molecule has 1 N–H and O–H groups in total. The zero-order chi connectivity index (χ0) is 27.7. The second-order valence-electron chi connectivity index (χ2n) is 9.19. The Labute approximate surface area is 225 Å². The lowest BCUT2D eigenvalue weighted by Gasteiger charge is -2.27. The second kappa shape index (κ2) is 10.8. The van der Waals surface area contributed by atoms with Crippen LogP contribution in [0.25, 0.3) is 0 Å². The third kappa shape index (κ3) is 6.28. The summed E-state index contributed by atoms with van der Waals surface area (Å²) in [5, 5.41) is 2.68. The first-order valence-corrected chi connectivity index (χ1v) is 13.3. The first kappa shape index (κ1) is 28.5. The highest BCUT2D eigenvalue weighted by molar-refractivity contribution is 7.92. The number of rotatable bonds is 6. The SMILES string of the molecule is CNC(=O)N1CC(C(=O)OC)c2cc(N(CC(=O)OC(C)(C)C)S(=O)(=O)c3cc(Cl)cc(Cl)c3)ccc21.